The number of rotatable bonds is 5. The van der Waals surface area contributed by atoms with Crippen molar-refractivity contribution in [1.29, 1.82) is 0 Å². The molecule has 1 atom stereocenters. The van der Waals surface area contributed by atoms with E-state index in [0.717, 1.165) is 29.8 Å². The highest BCUT2D eigenvalue weighted by atomic mass is 79.9. The summed E-state index contributed by atoms with van der Waals surface area (Å²) in [6.07, 6.45) is -9.65. The van der Waals surface area contributed by atoms with E-state index in [1.807, 2.05) is 0 Å². The summed E-state index contributed by atoms with van der Waals surface area (Å²) in [7, 11) is 0. The van der Waals surface area contributed by atoms with Gasteiger partial charge in [0.2, 0.25) is 0 Å². The summed E-state index contributed by atoms with van der Waals surface area (Å²) < 4.78 is 109. The molecule has 0 aliphatic carbocycles. The first-order chi connectivity index (χ1) is 23.6. The average molecular weight is 1020 g/mol. The Balaban J connectivity index is 0.000000229. The summed E-state index contributed by atoms with van der Waals surface area (Å²) in [5.41, 5.74) is -2.44. The number of carbonyl (C=O) groups is 1. The molecular formula is C34H19Br4Cl2F8NO2. The predicted octanol–water partition coefficient (Wildman–Crippen LogP) is 14.0. The topological polar surface area (TPSA) is 38.7 Å². The van der Waals surface area contributed by atoms with Crippen LogP contribution in [0.15, 0.2) is 89.8 Å². The summed E-state index contributed by atoms with van der Waals surface area (Å²) in [5, 5.41) is 4.36. The Morgan fingerprint density at radius 3 is 1.73 bits per heavy atom. The number of halogens is 14. The highest BCUT2D eigenvalue weighted by molar-refractivity contribution is 9.11. The van der Waals surface area contributed by atoms with Gasteiger partial charge in [-0.15, -0.1) is 0 Å². The smallest absolute Gasteiger partial charge is 0.374 e. The number of aryl methyl sites for hydroxylation is 2. The maximum Gasteiger partial charge on any atom is 0.435 e. The first-order valence-corrected chi connectivity index (χ1v) is 18.0. The Hall–Kier alpha value is -2.30. The molecule has 5 rings (SSSR count). The molecule has 4 aromatic carbocycles. The predicted molar refractivity (Wildman–Crippen MR) is 194 cm³/mol. The molecule has 0 spiro atoms. The molecule has 1 unspecified atom stereocenters. The third-order valence-electron chi connectivity index (χ3n) is 7.47. The van der Waals surface area contributed by atoms with Crippen molar-refractivity contribution in [2.75, 3.05) is 0 Å². The van der Waals surface area contributed by atoms with Gasteiger partial charge in [0.15, 0.2) is 17.4 Å². The molecule has 0 fully saturated rings. The van der Waals surface area contributed by atoms with Crippen LogP contribution in [0.4, 0.5) is 35.1 Å². The minimum Gasteiger partial charge on any atom is -0.374 e. The van der Waals surface area contributed by atoms with E-state index in [-0.39, 0.29) is 45.3 Å². The van der Waals surface area contributed by atoms with Gasteiger partial charge in [-0.3, -0.25) is 4.79 Å². The fraction of sp³-hybridized carbons (Fsp3) is 0.176. The van der Waals surface area contributed by atoms with Crippen molar-refractivity contribution in [1.82, 2.24) is 0 Å². The summed E-state index contributed by atoms with van der Waals surface area (Å²) >= 11 is 23.5. The molecule has 4 aromatic rings. The lowest BCUT2D eigenvalue weighted by molar-refractivity contribution is -0.275. The number of allylic oxidation sites excluding steroid dienone is 2. The van der Waals surface area contributed by atoms with E-state index in [0.29, 0.717) is 22.2 Å². The molecule has 1 heterocycles. The number of ketones is 1. The van der Waals surface area contributed by atoms with Crippen molar-refractivity contribution < 1.29 is 44.8 Å². The second kappa shape index (κ2) is 16.0. The molecule has 17 heteroatoms. The van der Waals surface area contributed by atoms with Gasteiger partial charge in [0.25, 0.3) is 5.60 Å². The zero-order valence-electron chi connectivity index (χ0n) is 25.6. The van der Waals surface area contributed by atoms with E-state index in [1.54, 1.807) is 38.1 Å². The van der Waals surface area contributed by atoms with Gasteiger partial charge in [-0.05, 0) is 137 Å². The van der Waals surface area contributed by atoms with Crippen molar-refractivity contribution in [2.45, 2.75) is 38.2 Å². The van der Waals surface area contributed by atoms with Crippen molar-refractivity contribution in [3.63, 3.8) is 0 Å². The van der Waals surface area contributed by atoms with Gasteiger partial charge in [0, 0.05) is 33.2 Å². The number of benzene rings is 4. The quantitative estimate of drug-likeness (QED) is 0.0865. The van der Waals surface area contributed by atoms with Gasteiger partial charge < -0.3 is 4.84 Å². The van der Waals surface area contributed by atoms with Gasteiger partial charge in [-0.1, -0.05) is 52.6 Å². The molecule has 270 valence electrons. The molecule has 0 bridgehead atoms. The largest absolute Gasteiger partial charge is 0.435 e. The lowest BCUT2D eigenvalue weighted by Crippen LogP contribution is -2.42. The maximum absolute atomic E-state index is 13.9. The normalized spacial score (nSPS) is 16.3. The van der Waals surface area contributed by atoms with E-state index >= 15 is 0 Å². The number of alkyl halides is 6. The molecule has 51 heavy (non-hydrogen) atoms. The van der Waals surface area contributed by atoms with Crippen molar-refractivity contribution in [3.8, 4) is 0 Å². The molecule has 0 radical (unpaired) electrons. The van der Waals surface area contributed by atoms with E-state index in [4.69, 9.17) is 28.0 Å². The first-order valence-electron chi connectivity index (χ1n) is 14.0. The number of hydrogen-bond acceptors (Lipinski definition) is 3. The molecule has 0 amide bonds. The van der Waals surface area contributed by atoms with Gasteiger partial charge in [0.1, 0.15) is 0 Å². The van der Waals surface area contributed by atoms with Crippen molar-refractivity contribution >= 4 is 104 Å². The van der Waals surface area contributed by atoms with E-state index in [1.165, 1.54) is 12.1 Å². The Morgan fingerprint density at radius 2 is 1.25 bits per heavy atom. The fourth-order valence-electron chi connectivity index (χ4n) is 4.62. The van der Waals surface area contributed by atoms with Crippen LogP contribution in [-0.4, -0.2) is 23.8 Å². The van der Waals surface area contributed by atoms with Crippen LogP contribution in [0.5, 0.6) is 0 Å². The van der Waals surface area contributed by atoms with Crippen LogP contribution in [-0.2, 0) is 10.4 Å². The average Bonchev–Trinajstić information content (AvgIpc) is 3.50. The lowest BCUT2D eigenvalue weighted by atomic mass is 9.86. The SMILES string of the molecule is Cc1ccc(C(=O)C=C(c2cc(Br)c(F)c(Br)c2)C(F)(F)F)cc1Cl.Cc1ccc(C2=NOC(c3cc(Br)c(F)c(Br)c3)(C(F)(F)F)C2)cc1Cl. The second-order valence-corrected chi connectivity index (χ2v) is 15.2. The lowest BCUT2D eigenvalue weighted by Gasteiger charge is -2.29. The highest BCUT2D eigenvalue weighted by Gasteiger charge is 2.62. The van der Waals surface area contributed by atoms with Gasteiger partial charge >= 0.3 is 12.4 Å². The molecule has 1 aliphatic heterocycles. The van der Waals surface area contributed by atoms with Crippen molar-refractivity contribution in [3.05, 3.63) is 140 Å². The fourth-order valence-corrected chi connectivity index (χ4v) is 7.35. The molecule has 0 saturated carbocycles. The monoisotopic (exact) mass is 1010 g/mol. The third kappa shape index (κ3) is 9.26. The highest BCUT2D eigenvalue weighted by Crippen LogP contribution is 2.50. The minimum absolute atomic E-state index is 0.0255. The molecule has 1 aliphatic rings. The number of carbonyl (C=O) groups excluding carboxylic acids is 1. The maximum atomic E-state index is 13.9. The summed E-state index contributed by atoms with van der Waals surface area (Å²) in [6.45, 7) is 3.49. The van der Waals surface area contributed by atoms with E-state index in [9.17, 15) is 39.9 Å². The number of nitrogens with zero attached hydrogens (tertiary/aromatic N) is 1. The van der Waals surface area contributed by atoms with Gasteiger partial charge in [-0.2, -0.15) is 26.3 Å². The second-order valence-electron chi connectivity index (χ2n) is 11.0. The van der Waals surface area contributed by atoms with E-state index in [2.05, 4.69) is 68.9 Å². The minimum atomic E-state index is -4.80. The molecule has 0 aromatic heterocycles. The van der Waals surface area contributed by atoms with Crippen LogP contribution < -0.4 is 0 Å². The zero-order chi connectivity index (χ0) is 38.2. The van der Waals surface area contributed by atoms with Gasteiger partial charge in [-0.25, -0.2) is 8.78 Å². The molecule has 0 saturated heterocycles. The number of oxime groups is 1. The standard InChI is InChI=1S/C17H10Br2ClF4NO.C17H9Br2ClF4O/c1-8-2-3-9(4-13(8)20)14-7-16(26-25-14,17(22,23)24)10-5-11(18)15(21)12(19)6-10;1-8-2-3-9(6-14(8)20)15(25)7-11(17(22,23)24)10-4-12(18)16(21)13(19)5-10/h2-6H,7H2,1H3;2-7H,1H3. The summed E-state index contributed by atoms with van der Waals surface area (Å²) in [6, 6.07) is 13.1. The summed E-state index contributed by atoms with van der Waals surface area (Å²) in [4.78, 5) is 17.2. The third-order valence-corrected chi connectivity index (χ3v) is 10.6. The van der Waals surface area contributed by atoms with Crippen LogP contribution in [0.2, 0.25) is 10.0 Å². The van der Waals surface area contributed by atoms with Crippen LogP contribution in [0, 0.1) is 25.5 Å². The van der Waals surface area contributed by atoms with Gasteiger partial charge in [0.05, 0.1) is 29.2 Å². The van der Waals surface area contributed by atoms with Crippen LogP contribution in [0.25, 0.3) is 5.57 Å². The zero-order valence-corrected chi connectivity index (χ0v) is 33.5. The van der Waals surface area contributed by atoms with Crippen LogP contribution in [0.1, 0.15) is 44.6 Å². The van der Waals surface area contributed by atoms with Crippen LogP contribution >= 0.6 is 86.9 Å². The Morgan fingerprint density at radius 1 is 0.765 bits per heavy atom. The molecule has 3 nitrogen and oxygen atoms in total. The summed E-state index contributed by atoms with van der Waals surface area (Å²) in [5.74, 6) is -2.29. The first kappa shape index (κ1) is 41.5. The van der Waals surface area contributed by atoms with Crippen molar-refractivity contribution in [2.24, 2.45) is 5.16 Å². The molecule has 0 N–H and O–H groups in total. The Labute approximate surface area is 329 Å². The van der Waals surface area contributed by atoms with E-state index < -0.39 is 47.4 Å². The number of hydrogen-bond donors (Lipinski definition) is 0. The Kier molecular flexibility index (Phi) is 13.0. The molecular weight excluding hydrogens is 997 g/mol. The van der Waals surface area contributed by atoms with Crippen LogP contribution in [0.3, 0.4) is 0 Å². The Bertz CT molecular complexity index is 2040.